The summed E-state index contributed by atoms with van der Waals surface area (Å²) in [5.41, 5.74) is 1.52. The van der Waals surface area contributed by atoms with E-state index < -0.39 is 0 Å². The van der Waals surface area contributed by atoms with E-state index in [0.29, 0.717) is 0 Å². The molecule has 3 nitrogen and oxygen atoms in total. The summed E-state index contributed by atoms with van der Waals surface area (Å²) in [6.45, 7) is 2.35. The third-order valence-electron chi connectivity index (χ3n) is 5.51. The number of rotatable bonds is 2. The molecule has 4 rings (SSSR count). The first-order valence-electron chi connectivity index (χ1n) is 7.64. The van der Waals surface area contributed by atoms with E-state index in [9.17, 15) is 0 Å². The van der Waals surface area contributed by atoms with Crippen molar-refractivity contribution in [2.45, 2.75) is 50.5 Å². The molecule has 0 radical (unpaired) electrons. The van der Waals surface area contributed by atoms with Crippen LogP contribution in [0, 0.1) is 11.8 Å². The van der Waals surface area contributed by atoms with E-state index in [2.05, 4.69) is 27.4 Å². The van der Waals surface area contributed by atoms with Gasteiger partial charge in [-0.15, -0.1) is 0 Å². The van der Waals surface area contributed by atoms with E-state index in [1.165, 1.54) is 57.3 Å². The molecule has 0 amide bonds. The van der Waals surface area contributed by atoms with Gasteiger partial charge in [-0.3, -0.25) is 0 Å². The maximum Gasteiger partial charge on any atom is 0.0950 e. The van der Waals surface area contributed by atoms with Gasteiger partial charge in [0.15, 0.2) is 0 Å². The SMILES string of the molecule is c1ncn(C2CC3CCC2C3)c1C1CCNCC1. The quantitative estimate of drug-likeness (QED) is 0.868. The fourth-order valence-electron chi connectivity index (χ4n) is 4.58. The molecule has 2 heterocycles. The van der Waals surface area contributed by atoms with Crippen molar-refractivity contribution in [1.29, 1.82) is 0 Å². The molecule has 3 aliphatic rings. The second-order valence-electron chi connectivity index (χ2n) is 6.49. The van der Waals surface area contributed by atoms with Crippen molar-refractivity contribution in [3.8, 4) is 0 Å². The van der Waals surface area contributed by atoms with Gasteiger partial charge in [-0.25, -0.2) is 4.98 Å². The largest absolute Gasteiger partial charge is 0.331 e. The highest BCUT2D eigenvalue weighted by molar-refractivity contribution is 5.11. The molecule has 1 aliphatic heterocycles. The normalized spacial score (nSPS) is 36.3. The molecule has 2 bridgehead atoms. The van der Waals surface area contributed by atoms with Crippen LogP contribution in [0.15, 0.2) is 12.5 Å². The number of hydrogen-bond acceptors (Lipinski definition) is 2. The first-order chi connectivity index (χ1) is 8.92. The van der Waals surface area contributed by atoms with Gasteiger partial charge < -0.3 is 9.88 Å². The highest BCUT2D eigenvalue weighted by atomic mass is 15.1. The molecule has 3 heteroatoms. The van der Waals surface area contributed by atoms with Gasteiger partial charge in [0.2, 0.25) is 0 Å². The molecule has 0 spiro atoms. The summed E-state index contributed by atoms with van der Waals surface area (Å²) in [6.07, 6.45) is 12.7. The number of imidazole rings is 1. The third kappa shape index (κ3) is 1.71. The lowest BCUT2D eigenvalue weighted by atomic mass is 9.91. The molecular formula is C15H23N3. The number of piperidine rings is 1. The lowest BCUT2D eigenvalue weighted by Crippen LogP contribution is -2.28. The maximum atomic E-state index is 4.47. The topological polar surface area (TPSA) is 29.9 Å². The molecule has 1 N–H and O–H groups in total. The Kier molecular flexibility index (Phi) is 2.68. The van der Waals surface area contributed by atoms with Crippen LogP contribution < -0.4 is 5.32 Å². The minimum atomic E-state index is 0.743. The van der Waals surface area contributed by atoms with E-state index in [0.717, 1.165) is 23.8 Å². The van der Waals surface area contributed by atoms with Crippen LogP contribution in [0.1, 0.15) is 56.2 Å². The average molecular weight is 245 g/mol. The smallest absolute Gasteiger partial charge is 0.0950 e. The second-order valence-corrected chi connectivity index (χ2v) is 6.49. The van der Waals surface area contributed by atoms with Gasteiger partial charge in [0.25, 0.3) is 0 Å². The monoisotopic (exact) mass is 245 g/mol. The zero-order chi connectivity index (χ0) is 11.9. The molecule has 1 aromatic rings. The Balaban J connectivity index is 1.59. The molecule has 1 aromatic heterocycles. The summed E-state index contributed by atoms with van der Waals surface area (Å²) < 4.78 is 2.56. The number of hydrogen-bond donors (Lipinski definition) is 1. The van der Waals surface area contributed by atoms with Crippen molar-refractivity contribution in [3.05, 3.63) is 18.2 Å². The zero-order valence-corrected chi connectivity index (χ0v) is 11.0. The van der Waals surface area contributed by atoms with Gasteiger partial charge in [-0.05, 0) is 57.0 Å². The average Bonchev–Trinajstić information content (AvgIpc) is 3.15. The van der Waals surface area contributed by atoms with Gasteiger partial charge in [0.05, 0.1) is 6.33 Å². The summed E-state index contributed by atoms with van der Waals surface area (Å²) in [5.74, 6) is 2.71. The summed E-state index contributed by atoms with van der Waals surface area (Å²) >= 11 is 0. The standard InChI is InChI=1S/C15H23N3/c1-2-13-7-11(1)8-14(13)18-10-17-9-15(18)12-3-5-16-6-4-12/h9-14,16H,1-8H2. The Morgan fingerprint density at radius 3 is 2.72 bits per heavy atom. The van der Waals surface area contributed by atoms with Crippen LogP contribution in [0.4, 0.5) is 0 Å². The highest BCUT2D eigenvalue weighted by Gasteiger charge is 2.41. The molecule has 3 unspecified atom stereocenters. The highest BCUT2D eigenvalue weighted by Crippen LogP contribution is 2.51. The minimum absolute atomic E-state index is 0.743. The number of nitrogens with zero attached hydrogens (tertiary/aromatic N) is 2. The Hall–Kier alpha value is -0.830. The van der Waals surface area contributed by atoms with Gasteiger partial charge in [-0.1, -0.05) is 6.42 Å². The Labute approximate surface area is 109 Å². The summed E-state index contributed by atoms with van der Waals surface area (Å²) in [6, 6.07) is 0.774. The first-order valence-corrected chi connectivity index (χ1v) is 7.64. The van der Waals surface area contributed by atoms with Crippen LogP contribution in [0.3, 0.4) is 0 Å². The Morgan fingerprint density at radius 1 is 1.11 bits per heavy atom. The van der Waals surface area contributed by atoms with Crippen molar-refractivity contribution in [3.63, 3.8) is 0 Å². The van der Waals surface area contributed by atoms with E-state index in [1.807, 2.05) is 0 Å². The second kappa shape index (κ2) is 4.37. The van der Waals surface area contributed by atoms with Gasteiger partial charge in [0, 0.05) is 23.9 Å². The van der Waals surface area contributed by atoms with E-state index in [4.69, 9.17) is 0 Å². The summed E-state index contributed by atoms with van der Waals surface area (Å²) in [5, 5.41) is 3.46. The van der Waals surface area contributed by atoms with Crippen LogP contribution >= 0.6 is 0 Å². The van der Waals surface area contributed by atoms with Crippen molar-refractivity contribution in [2.24, 2.45) is 11.8 Å². The number of aromatic nitrogens is 2. The molecular weight excluding hydrogens is 222 g/mol. The van der Waals surface area contributed by atoms with Gasteiger partial charge >= 0.3 is 0 Å². The van der Waals surface area contributed by atoms with Crippen LogP contribution in [-0.4, -0.2) is 22.6 Å². The molecule has 3 fully saturated rings. The molecule has 3 atom stereocenters. The van der Waals surface area contributed by atoms with E-state index in [1.54, 1.807) is 0 Å². The number of fused-ring (bicyclic) bond motifs is 2. The molecule has 2 aliphatic carbocycles. The van der Waals surface area contributed by atoms with Gasteiger partial charge in [0.1, 0.15) is 0 Å². The number of nitrogens with one attached hydrogen (secondary N) is 1. The third-order valence-corrected chi connectivity index (χ3v) is 5.51. The maximum absolute atomic E-state index is 4.47. The lowest BCUT2D eigenvalue weighted by Gasteiger charge is -2.29. The first kappa shape index (κ1) is 11.0. The molecule has 1 saturated heterocycles. The van der Waals surface area contributed by atoms with Crippen molar-refractivity contribution in [1.82, 2.24) is 14.9 Å². The minimum Gasteiger partial charge on any atom is -0.331 e. The van der Waals surface area contributed by atoms with Crippen LogP contribution in [0.2, 0.25) is 0 Å². The van der Waals surface area contributed by atoms with Crippen LogP contribution in [0.5, 0.6) is 0 Å². The van der Waals surface area contributed by atoms with Crippen LogP contribution in [0.25, 0.3) is 0 Å². The van der Waals surface area contributed by atoms with Gasteiger partial charge in [-0.2, -0.15) is 0 Å². The predicted molar refractivity (Wildman–Crippen MR) is 71.6 cm³/mol. The molecule has 98 valence electrons. The van der Waals surface area contributed by atoms with E-state index >= 15 is 0 Å². The fraction of sp³-hybridized carbons (Fsp3) is 0.800. The Morgan fingerprint density at radius 2 is 2.00 bits per heavy atom. The molecule has 18 heavy (non-hydrogen) atoms. The van der Waals surface area contributed by atoms with Crippen molar-refractivity contribution < 1.29 is 0 Å². The zero-order valence-electron chi connectivity index (χ0n) is 11.0. The van der Waals surface area contributed by atoms with Crippen LogP contribution in [-0.2, 0) is 0 Å². The Bertz CT molecular complexity index is 419. The molecule has 0 aromatic carbocycles. The fourth-order valence-corrected chi connectivity index (χ4v) is 4.58. The van der Waals surface area contributed by atoms with Crippen molar-refractivity contribution >= 4 is 0 Å². The lowest BCUT2D eigenvalue weighted by molar-refractivity contribution is 0.312. The van der Waals surface area contributed by atoms with Crippen molar-refractivity contribution in [2.75, 3.05) is 13.1 Å². The van der Waals surface area contributed by atoms with E-state index in [-0.39, 0.29) is 0 Å². The summed E-state index contributed by atoms with van der Waals surface area (Å²) in [4.78, 5) is 4.47. The predicted octanol–water partition coefficient (Wildman–Crippen LogP) is 2.71. The molecule has 2 saturated carbocycles. The summed E-state index contributed by atoms with van der Waals surface area (Å²) in [7, 11) is 0.